The Morgan fingerprint density at radius 1 is 1.18 bits per heavy atom. The number of phenols is 2. The van der Waals surface area contributed by atoms with E-state index in [0.717, 1.165) is 4.57 Å². The van der Waals surface area contributed by atoms with Crippen LogP contribution in [0.15, 0.2) is 16.9 Å². The molecule has 0 amide bonds. The molecule has 1 aromatic carbocycles. The Kier molecular flexibility index (Phi) is 4.53. The standard InChI is InChI=1S/C14H19N3O5/c1-7(2)9-3-10(12(21)4-11(9)20)13-15-16-14(22)17(13)8(5-18)6-19/h3-4,7-8,18-21H,5-6H2,1-2H3,(H,16,22). The molecule has 0 saturated carbocycles. The normalized spacial score (nSPS) is 11.5. The maximum atomic E-state index is 11.9. The second kappa shape index (κ2) is 6.20. The van der Waals surface area contributed by atoms with E-state index in [9.17, 15) is 25.2 Å². The minimum atomic E-state index is -0.878. The SMILES string of the molecule is CC(C)c1cc(-c2n[nH]c(=O)n2C(CO)CO)c(O)cc1O. The fourth-order valence-electron chi connectivity index (χ4n) is 2.29. The van der Waals surface area contributed by atoms with Crippen molar-refractivity contribution in [1.82, 2.24) is 14.8 Å². The number of aromatic amines is 1. The second-order valence-corrected chi connectivity index (χ2v) is 5.32. The lowest BCUT2D eigenvalue weighted by Gasteiger charge is -2.16. The molecule has 0 radical (unpaired) electrons. The van der Waals surface area contributed by atoms with Crippen molar-refractivity contribution in [2.24, 2.45) is 0 Å². The molecule has 0 aliphatic carbocycles. The molecule has 8 nitrogen and oxygen atoms in total. The van der Waals surface area contributed by atoms with Gasteiger partial charge in [0.05, 0.1) is 24.8 Å². The Hall–Kier alpha value is -2.32. The number of benzene rings is 1. The van der Waals surface area contributed by atoms with Gasteiger partial charge in [0.25, 0.3) is 0 Å². The van der Waals surface area contributed by atoms with Gasteiger partial charge in [-0.3, -0.25) is 4.57 Å². The van der Waals surface area contributed by atoms with Gasteiger partial charge in [-0.25, -0.2) is 9.89 Å². The lowest BCUT2D eigenvalue weighted by Crippen LogP contribution is -2.28. The third-order valence-electron chi connectivity index (χ3n) is 3.50. The van der Waals surface area contributed by atoms with Gasteiger partial charge in [-0.15, -0.1) is 0 Å². The molecule has 0 fully saturated rings. The summed E-state index contributed by atoms with van der Waals surface area (Å²) in [5, 5.41) is 44.6. The van der Waals surface area contributed by atoms with Crippen LogP contribution in [0.25, 0.3) is 11.4 Å². The van der Waals surface area contributed by atoms with E-state index in [1.165, 1.54) is 12.1 Å². The van der Waals surface area contributed by atoms with Crippen molar-refractivity contribution in [3.05, 3.63) is 28.2 Å². The molecule has 120 valence electrons. The third kappa shape index (κ3) is 2.70. The molecule has 0 atom stereocenters. The minimum absolute atomic E-state index is 0.00931. The Morgan fingerprint density at radius 3 is 2.36 bits per heavy atom. The Morgan fingerprint density at radius 2 is 1.82 bits per heavy atom. The van der Waals surface area contributed by atoms with Crippen LogP contribution in [0.3, 0.4) is 0 Å². The molecule has 0 bridgehead atoms. The van der Waals surface area contributed by atoms with Gasteiger partial charge in [0.2, 0.25) is 0 Å². The maximum Gasteiger partial charge on any atom is 0.344 e. The number of aromatic nitrogens is 3. The summed E-state index contributed by atoms with van der Waals surface area (Å²) in [6.07, 6.45) is 0. The van der Waals surface area contributed by atoms with Crippen LogP contribution in [-0.2, 0) is 0 Å². The molecule has 0 spiro atoms. The molecule has 0 saturated heterocycles. The molecule has 8 heteroatoms. The van der Waals surface area contributed by atoms with Gasteiger partial charge in [0.1, 0.15) is 11.5 Å². The lowest BCUT2D eigenvalue weighted by atomic mass is 9.98. The first-order chi connectivity index (χ1) is 10.4. The molecule has 0 aliphatic rings. The van der Waals surface area contributed by atoms with E-state index in [-0.39, 0.29) is 28.8 Å². The number of phenolic OH excluding ortho intramolecular Hbond substituents is 2. The van der Waals surface area contributed by atoms with Gasteiger partial charge >= 0.3 is 5.69 Å². The van der Waals surface area contributed by atoms with Gasteiger partial charge in [-0.1, -0.05) is 13.8 Å². The molecule has 5 N–H and O–H groups in total. The van der Waals surface area contributed by atoms with Crippen molar-refractivity contribution in [2.75, 3.05) is 13.2 Å². The van der Waals surface area contributed by atoms with Gasteiger partial charge in [-0.2, -0.15) is 5.10 Å². The number of aromatic hydroxyl groups is 2. The smallest absolute Gasteiger partial charge is 0.344 e. The number of H-pyrrole nitrogens is 1. The van der Waals surface area contributed by atoms with Gasteiger partial charge in [0.15, 0.2) is 5.82 Å². The molecule has 1 heterocycles. The van der Waals surface area contributed by atoms with Crippen LogP contribution in [-0.4, -0.2) is 48.4 Å². The number of nitrogens with zero attached hydrogens (tertiary/aromatic N) is 2. The summed E-state index contributed by atoms with van der Waals surface area (Å²) in [5.74, 6) is -0.235. The van der Waals surface area contributed by atoms with Gasteiger partial charge in [-0.05, 0) is 17.5 Å². The number of rotatable bonds is 5. The quantitative estimate of drug-likeness (QED) is 0.540. The average Bonchev–Trinajstić information content (AvgIpc) is 2.82. The molecule has 22 heavy (non-hydrogen) atoms. The zero-order valence-electron chi connectivity index (χ0n) is 12.3. The van der Waals surface area contributed by atoms with Crippen LogP contribution >= 0.6 is 0 Å². The highest BCUT2D eigenvalue weighted by Gasteiger charge is 2.22. The number of aliphatic hydroxyl groups excluding tert-OH is 2. The summed E-state index contributed by atoms with van der Waals surface area (Å²) in [6, 6.07) is 1.84. The Bertz CT molecular complexity index is 716. The fourth-order valence-corrected chi connectivity index (χ4v) is 2.29. The van der Waals surface area contributed by atoms with E-state index in [4.69, 9.17) is 0 Å². The highest BCUT2D eigenvalue weighted by atomic mass is 16.3. The van der Waals surface area contributed by atoms with Crippen LogP contribution < -0.4 is 5.69 Å². The predicted octanol–water partition coefficient (Wildman–Crippen LogP) is 0.299. The summed E-state index contributed by atoms with van der Waals surface area (Å²) < 4.78 is 1.08. The first kappa shape index (κ1) is 16.1. The van der Waals surface area contributed by atoms with Gasteiger partial charge in [0, 0.05) is 6.07 Å². The van der Waals surface area contributed by atoms with E-state index in [1.54, 1.807) is 0 Å². The molecular weight excluding hydrogens is 290 g/mol. The van der Waals surface area contributed by atoms with Crippen molar-refractivity contribution >= 4 is 0 Å². The molecule has 1 aromatic heterocycles. The summed E-state index contributed by atoms with van der Waals surface area (Å²) in [7, 11) is 0. The topological polar surface area (TPSA) is 132 Å². The van der Waals surface area contributed by atoms with Crippen molar-refractivity contribution in [3.63, 3.8) is 0 Å². The molecule has 0 aliphatic heterocycles. The summed E-state index contributed by atoms with van der Waals surface area (Å²) in [6.45, 7) is 2.83. The highest BCUT2D eigenvalue weighted by molar-refractivity contribution is 5.67. The zero-order valence-corrected chi connectivity index (χ0v) is 12.3. The first-order valence-corrected chi connectivity index (χ1v) is 6.85. The van der Waals surface area contributed by atoms with Crippen molar-refractivity contribution in [1.29, 1.82) is 0 Å². The van der Waals surface area contributed by atoms with E-state index in [2.05, 4.69) is 10.2 Å². The van der Waals surface area contributed by atoms with Crippen LogP contribution in [0.1, 0.15) is 31.4 Å². The minimum Gasteiger partial charge on any atom is -0.508 e. The van der Waals surface area contributed by atoms with Crippen molar-refractivity contribution in [3.8, 4) is 22.9 Å². The monoisotopic (exact) mass is 309 g/mol. The lowest BCUT2D eigenvalue weighted by molar-refractivity contribution is 0.153. The van der Waals surface area contributed by atoms with Crippen molar-refractivity contribution < 1.29 is 20.4 Å². The number of aliphatic hydroxyl groups is 2. The Balaban J connectivity index is 2.68. The number of nitrogens with one attached hydrogen (secondary N) is 1. The Labute approximate surface area is 126 Å². The fraction of sp³-hybridized carbons (Fsp3) is 0.429. The predicted molar refractivity (Wildman–Crippen MR) is 78.9 cm³/mol. The molecule has 0 unspecified atom stereocenters. The largest absolute Gasteiger partial charge is 0.508 e. The highest BCUT2D eigenvalue weighted by Crippen LogP contribution is 2.37. The van der Waals surface area contributed by atoms with Crippen molar-refractivity contribution in [2.45, 2.75) is 25.8 Å². The average molecular weight is 309 g/mol. The van der Waals surface area contributed by atoms with Gasteiger partial charge < -0.3 is 20.4 Å². The van der Waals surface area contributed by atoms with E-state index in [1.807, 2.05) is 13.8 Å². The van der Waals surface area contributed by atoms with Crippen LogP contribution in [0.4, 0.5) is 0 Å². The maximum absolute atomic E-state index is 11.9. The van der Waals surface area contributed by atoms with E-state index < -0.39 is 24.9 Å². The van der Waals surface area contributed by atoms with Crippen LogP contribution in [0.2, 0.25) is 0 Å². The summed E-state index contributed by atoms with van der Waals surface area (Å²) in [4.78, 5) is 11.9. The summed E-state index contributed by atoms with van der Waals surface area (Å²) >= 11 is 0. The zero-order chi connectivity index (χ0) is 16.4. The van der Waals surface area contributed by atoms with Crippen LogP contribution in [0, 0.1) is 0 Å². The van der Waals surface area contributed by atoms with Crippen LogP contribution in [0.5, 0.6) is 11.5 Å². The van der Waals surface area contributed by atoms with E-state index >= 15 is 0 Å². The first-order valence-electron chi connectivity index (χ1n) is 6.85. The second-order valence-electron chi connectivity index (χ2n) is 5.32. The molecule has 2 aromatic rings. The van der Waals surface area contributed by atoms with E-state index in [0.29, 0.717) is 5.56 Å². The summed E-state index contributed by atoms with van der Waals surface area (Å²) in [5.41, 5.74) is 0.202. The number of hydrogen-bond acceptors (Lipinski definition) is 6. The molecular formula is C14H19N3O5. The number of hydrogen-bond donors (Lipinski definition) is 5. The third-order valence-corrected chi connectivity index (χ3v) is 3.50. The molecule has 2 rings (SSSR count).